The van der Waals surface area contributed by atoms with Gasteiger partial charge in [0.15, 0.2) is 0 Å². The van der Waals surface area contributed by atoms with Crippen LogP contribution in [0.25, 0.3) is 0 Å². The maximum absolute atomic E-state index is 12.8. The Labute approximate surface area is 196 Å². The molecule has 5 nitrogen and oxygen atoms in total. The topological polar surface area (TPSA) is 61.4 Å². The number of halogens is 1. The van der Waals surface area contributed by atoms with Crippen LogP contribution in [0.2, 0.25) is 5.02 Å². The van der Waals surface area contributed by atoms with Crippen molar-refractivity contribution in [2.45, 2.75) is 64.5 Å². The summed E-state index contributed by atoms with van der Waals surface area (Å²) in [7, 11) is 1.97. The fourth-order valence-corrected chi connectivity index (χ4v) is 8.06. The van der Waals surface area contributed by atoms with Crippen LogP contribution in [0.4, 0.5) is 10.5 Å². The van der Waals surface area contributed by atoms with E-state index in [4.69, 9.17) is 11.6 Å². The van der Waals surface area contributed by atoms with Crippen LogP contribution in [0.3, 0.4) is 0 Å². The van der Waals surface area contributed by atoms with Gasteiger partial charge in [0, 0.05) is 35.3 Å². The predicted octanol–water partition coefficient (Wildman–Crippen LogP) is 5.47. The first-order valence-electron chi connectivity index (χ1n) is 12.0. The highest BCUT2D eigenvalue weighted by atomic mass is 35.5. The molecule has 1 aromatic rings. The summed E-state index contributed by atoms with van der Waals surface area (Å²) in [6.45, 7) is 4.77. The molecule has 0 radical (unpaired) electrons. The highest BCUT2D eigenvalue weighted by Crippen LogP contribution is 2.63. The van der Waals surface area contributed by atoms with Crippen molar-refractivity contribution in [3.63, 3.8) is 0 Å². The van der Waals surface area contributed by atoms with Gasteiger partial charge >= 0.3 is 6.03 Å². The summed E-state index contributed by atoms with van der Waals surface area (Å²) < 4.78 is 0. The summed E-state index contributed by atoms with van der Waals surface area (Å²) in [6.07, 6.45) is 10.7. The number of carbonyl (C=O) groups excluding carboxylic acids is 2. The molecule has 2 unspecified atom stereocenters. The van der Waals surface area contributed by atoms with Gasteiger partial charge in [0.2, 0.25) is 5.91 Å². The van der Waals surface area contributed by atoms with Gasteiger partial charge in [-0.25, -0.2) is 4.79 Å². The Kier molecular flexibility index (Phi) is 5.31. The van der Waals surface area contributed by atoms with Crippen LogP contribution >= 0.6 is 11.6 Å². The average molecular weight is 456 g/mol. The van der Waals surface area contributed by atoms with Crippen molar-refractivity contribution >= 4 is 29.2 Å². The first-order valence-corrected chi connectivity index (χ1v) is 12.4. The van der Waals surface area contributed by atoms with Gasteiger partial charge in [-0.1, -0.05) is 37.6 Å². The molecular weight excluding hydrogens is 422 g/mol. The highest BCUT2D eigenvalue weighted by Gasteiger charge is 2.60. The Balaban J connectivity index is 1.31. The number of urea groups is 1. The minimum absolute atomic E-state index is 0.0579. The molecule has 1 aromatic carbocycles. The molecule has 1 aliphatic heterocycles. The number of nitrogens with zero attached hydrogens (tertiary/aromatic N) is 1. The Bertz CT molecular complexity index is 964. The molecule has 7 atom stereocenters. The van der Waals surface area contributed by atoms with E-state index in [1.807, 2.05) is 24.1 Å². The smallest absolute Gasteiger partial charge is 0.319 e. The van der Waals surface area contributed by atoms with E-state index in [1.54, 1.807) is 18.2 Å². The van der Waals surface area contributed by atoms with Gasteiger partial charge < -0.3 is 15.5 Å². The van der Waals surface area contributed by atoms with E-state index in [0.29, 0.717) is 34.5 Å². The monoisotopic (exact) mass is 455 g/mol. The molecule has 0 spiro atoms. The van der Waals surface area contributed by atoms with Crippen molar-refractivity contribution in [1.29, 1.82) is 0 Å². The van der Waals surface area contributed by atoms with Crippen LogP contribution in [0.1, 0.15) is 52.4 Å². The Hall–Kier alpha value is -2.01. The first kappa shape index (κ1) is 21.8. The molecule has 32 heavy (non-hydrogen) atoms. The lowest BCUT2D eigenvalue weighted by molar-refractivity contribution is -0.138. The summed E-state index contributed by atoms with van der Waals surface area (Å²) >= 11 is 6.06. The van der Waals surface area contributed by atoms with Crippen molar-refractivity contribution in [3.8, 4) is 0 Å². The van der Waals surface area contributed by atoms with Crippen LogP contribution < -0.4 is 10.6 Å². The molecule has 6 heteroatoms. The molecule has 172 valence electrons. The van der Waals surface area contributed by atoms with E-state index >= 15 is 0 Å². The number of benzene rings is 1. The normalized spacial score (nSPS) is 40.3. The molecule has 1 heterocycles. The fourth-order valence-electron chi connectivity index (χ4n) is 7.87. The predicted molar refractivity (Wildman–Crippen MR) is 127 cm³/mol. The lowest BCUT2D eigenvalue weighted by atomic mass is 9.48. The minimum atomic E-state index is -0.146. The third-order valence-corrected chi connectivity index (χ3v) is 9.75. The van der Waals surface area contributed by atoms with Gasteiger partial charge in [-0.2, -0.15) is 0 Å². The second-order valence-electron chi connectivity index (χ2n) is 10.9. The average Bonchev–Trinajstić information content (AvgIpc) is 3.07. The molecule has 4 aliphatic rings. The third-order valence-electron chi connectivity index (χ3n) is 9.52. The minimum Gasteiger partial charge on any atom is -0.338 e. The molecule has 2 N–H and O–H groups in total. The molecule has 3 amide bonds. The van der Waals surface area contributed by atoms with Crippen molar-refractivity contribution in [1.82, 2.24) is 10.2 Å². The molecule has 3 aliphatic carbocycles. The second kappa shape index (κ2) is 7.79. The van der Waals surface area contributed by atoms with E-state index < -0.39 is 0 Å². The zero-order valence-corrected chi connectivity index (χ0v) is 20.0. The molecule has 3 saturated carbocycles. The van der Waals surface area contributed by atoms with Crippen LogP contribution in [0.5, 0.6) is 0 Å². The zero-order chi connectivity index (χ0) is 22.7. The standard InChI is InChI=1S/C26H34ClN3O2/c1-25-13-11-20-18(7-10-22-26(20,2)14-12-23(31)30(22)3)19(25)8-9-21(25)29-24(32)28-17-6-4-5-16(27)15-17/h4-6,12,14-15,18-22H,7-11,13H2,1-3H3,(H2,28,29,32)/t18-,19-,20+,21?,22?,25-,26+/m0/s1. The number of amides is 3. The van der Waals surface area contributed by atoms with Crippen LogP contribution in [-0.2, 0) is 4.79 Å². The number of carbonyl (C=O) groups is 2. The van der Waals surface area contributed by atoms with Crippen LogP contribution in [0, 0.1) is 28.6 Å². The van der Waals surface area contributed by atoms with E-state index in [2.05, 4.69) is 30.6 Å². The van der Waals surface area contributed by atoms with Crippen LogP contribution in [0.15, 0.2) is 36.4 Å². The summed E-state index contributed by atoms with van der Waals surface area (Å²) in [6, 6.07) is 7.61. The van der Waals surface area contributed by atoms with Gasteiger partial charge in [0.25, 0.3) is 0 Å². The number of hydrogen-bond acceptors (Lipinski definition) is 2. The summed E-state index contributed by atoms with van der Waals surface area (Å²) in [4.78, 5) is 27.0. The van der Waals surface area contributed by atoms with E-state index in [9.17, 15) is 9.59 Å². The molecule has 0 bridgehead atoms. The quantitative estimate of drug-likeness (QED) is 0.621. The number of likely N-dealkylation sites (N-methyl/N-ethyl adjacent to an activating group) is 1. The van der Waals surface area contributed by atoms with E-state index in [1.165, 1.54) is 12.8 Å². The number of rotatable bonds is 2. The van der Waals surface area contributed by atoms with Crippen molar-refractivity contribution in [2.24, 2.45) is 28.6 Å². The molecule has 5 rings (SSSR count). The maximum Gasteiger partial charge on any atom is 0.319 e. The van der Waals surface area contributed by atoms with Gasteiger partial charge in [-0.15, -0.1) is 0 Å². The van der Waals surface area contributed by atoms with E-state index in [0.717, 1.165) is 25.7 Å². The Morgan fingerprint density at radius 1 is 1.12 bits per heavy atom. The SMILES string of the molecule is CN1C(=O)C=C[C@@]2(C)C1CC[C@@H]1[C@H]2CC[C@]2(C)C(NC(=O)Nc3cccc(Cl)c3)CC[C@@H]12. The lowest BCUT2D eigenvalue weighted by Crippen LogP contribution is -2.60. The molecule has 0 aromatic heterocycles. The number of anilines is 1. The molecule has 3 fully saturated rings. The lowest BCUT2D eigenvalue weighted by Gasteiger charge is -2.60. The van der Waals surface area contributed by atoms with Gasteiger partial charge in [-0.3, -0.25) is 4.79 Å². The summed E-state index contributed by atoms with van der Waals surface area (Å²) in [5.74, 6) is 2.02. The number of nitrogens with one attached hydrogen (secondary N) is 2. The Morgan fingerprint density at radius 2 is 1.94 bits per heavy atom. The third kappa shape index (κ3) is 3.35. The summed E-state index contributed by atoms with van der Waals surface area (Å²) in [5, 5.41) is 6.86. The molecule has 0 saturated heterocycles. The molecular formula is C26H34ClN3O2. The second-order valence-corrected chi connectivity index (χ2v) is 11.3. The van der Waals surface area contributed by atoms with Crippen molar-refractivity contribution in [2.75, 3.05) is 12.4 Å². The zero-order valence-electron chi connectivity index (χ0n) is 19.2. The fraction of sp³-hybridized carbons (Fsp3) is 0.615. The van der Waals surface area contributed by atoms with Crippen molar-refractivity contribution < 1.29 is 9.59 Å². The van der Waals surface area contributed by atoms with Gasteiger partial charge in [0.05, 0.1) is 0 Å². The highest BCUT2D eigenvalue weighted by molar-refractivity contribution is 6.30. The number of hydrogen-bond donors (Lipinski definition) is 2. The van der Waals surface area contributed by atoms with E-state index in [-0.39, 0.29) is 28.8 Å². The van der Waals surface area contributed by atoms with Gasteiger partial charge in [-0.05, 0) is 86.0 Å². The van der Waals surface area contributed by atoms with Gasteiger partial charge in [0.1, 0.15) is 0 Å². The van der Waals surface area contributed by atoms with Crippen LogP contribution in [-0.4, -0.2) is 36.0 Å². The van der Waals surface area contributed by atoms with Crippen molar-refractivity contribution in [3.05, 3.63) is 41.4 Å². The summed E-state index contributed by atoms with van der Waals surface area (Å²) in [5.41, 5.74) is 0.894. The maximum atomic E-state index is 12.8. The Morgan fingerprint density at radius 3 is 2.72 bits per heavy atom. The number of fused-ring (bicyclic) bond motifs is 5. The largest absolute Gasteiger partial charge is 0.338 e. The first-order chi connectivity index (χ1) is 15.2.